The first kappa shape index (κ1) is 13.2. The van der Waals surface area contributed by atoms with Gasteiger partial charge in [0.15, 0.2) is 0 Å². The third kappa shape index (κ3) is 3.89. The third-order valence-corrected chi connectivity index (χ3v) is 3.68. The van der Waals surface area contributed by atoms with Gasteiger partial charge in [0.05, 0.1) is 4.90 Å². The lowest BCUT2D eigenvalue weighted by Gasteiger charge is -1.95. The maximum absolute atomic E-state index is 11.8. The van der Waals surface area contributed by atoms with Gasteiger partial charge >= 0.3 is 0 Å². The minimum Gasteiger partial charge on any atom is -0.199 e. The van der Waals surface area contributed by atoms with Gasteiger partial charge in [-0.3, -0.25) is 0 Å². The molecule has 0 bridgehead atoms. The first-order valence-electron chi connectivity index (χ1n) is 5.75. The van der Waals surface area contributed by atoms with Crippen molar-refractivity contribution in [2.75, 3.05) is 0 Å². The van der Waals surface area contributed by atoms with E-state index in [9.17, 15) is 8.42 Å². The van der Waals surface area contributed by atoms with E-state index < -0.39 is 10.0 Å². The van der Waals surface area contributed by atoms with Crippen LogP contribution < -0.4 is 0 Å². The highest BCUT2D eigenvalue weighted by Gasteiger charge is 2.09. The molecule has 2 aromatic carbocycles. The summed E-state index contributed by atoms with van der Waals surface area (Å²) < 4.78 is 27.2. The molecule has 0 amide bonds. The summed E-state index contributed by atoms with van der Waals surface area (Å²) in [4.78, 5) is 0.194. The molecule has 96 valence electrons. The average Bonchev–Trinajstić information content (AvgIpc) is 2.46. The zero-order chi connectivity index (χ0) is 13.6. The molecule has 2 rings (SSSR count). The maximum atomic E-state index is 11.8. The van der Waals surface area contributed by atoms with E-state index in [1.807, 2.05) is 30.3 Å². The first-order valence-corrected chi connectivity index (χ1v) is 7.20. The summed E-state index contributed by atoms with van der Waals surface area (Å²) in [5, 5.41) is 0. The highest BCUT2D eigenvalue weighted by Crippen LogP contribution is 2.10. The van der Waals surface area contributed by atoms with Gasteiger partial charge in [0, 0.05) is 6.21 Å². The van der Waals surface area contributed by atoms with Crippen LogP contribution in [0, 0.1) is 0 Å². The zero-order valence-electron chi connectivity index (χ0n) is 10.2. The van der Waals surface area contributed by atoms with E-state index >= 15 is 0 Å². The van der Waals surface area contributed by atoms with Gasteiger partial charge in [0.25, 0.3) is 10.0 Å². The molecule has 2 aromatic rings. The Labute approximate surface area is 113 Å². The van der Waals surface area contributed by atoms with Gasteiger partial charge in [-0.1, -0.05) is 54.6 Å². The number of benzene rings is 2. The molecule has 0 saturated carbocycles. The van der Waals surface area contributed by atoms with Gasteiger partial charge in [-0.2, -0.15) is 12.8 Å². The highest BCUT2D eigenvalue weighted by molar-refractivity contribution is 7.90. The van der Waals surface area contributed by atoms with Crippen LogP contribution in [0.2, 0.25) is 0 Å². The predicted molar refractivity (Wildman–Crippen MR) is 77.6 cm³/mol. The van der Waals surface area contributed by atoms with E-state index in [2.05, 4.69) is 4.40 Å². The Morgan fingerprint density at radius 3 is 2.05 bits per heavy atom. The SMILES string of the molecule is O=S(=O)(/N=C/C=C/c1ccccc1)c1ccccc1. The van der Waals surface area contributed by atoms with Crippen LogP contribution in [0.3, 0.4) is 0 Å². The average molecular weight is 271 g/mol. The first-order chi connectivity index (χ1) is 9.18. The Morgan fingerprint density at radius 2 is 1.42 bits per heavy atom. The minimum absolute atomic E-state index is 0.194. The normalized spacial score (nSPS) is 12.2. The summed E-state index contributed by atoms with van der Waals surface area (Å²) in [7, 11) is -3.60. The second-order valence-corrected chi connectivity index (χ2v) is 5.44. The third-order valence-electron chi connectivity index (χ3n) is 2.42. The molecule has 0 aromatic heterocycles. The van der Waals surface area contributed by atoms with Crippen LogP contribution in [0.1, 0.15) is 5.56 Å². The van der Waals surface area contributed by atoms with Crippen molar-refractivity contribution in [3.05, 3.63) is 72.3 Å². The van der Waals surface area contributed by atoms with Crippen LogP contribution in [-0.4, -0.2) is 14.6 Å². The fraction of sp³-hybridized carbons (Fsp3) is 0. The van der Waals surface area contributed by atoms with Gasteiger partial charge in [-0.25, -0.2) is 0 Å². The molecule has 0 N–H and O–H groups in total. The molecule has 19 heavy (non-hydrogen) atoms. The molecular weight excluding hydrogens is 258 g/mol. The Morgan fingerprint density at radius 1 is 0.842 bits per heavy atom. The largest absolute Gasteiger partial charge is 0.282 e. The summed E-state index contributed by atoms with van der Waals surface area (Å²) in [6.07, 6.45) is 4.69. The number of sulfonamides is 1. The van der Waals surface area contributed by atoms with Gasteiger partial charge in [-0.05, 0) is 23.8 Å². The Balaban J connectivity index is 2.09. The molecule has 0 radical (unpaired) electrons. The summed E-state index contributed by atoms with van der Waals surface area (Å²) in [5.74, 6) is 0. The topological polar surface area (TPSA) is 46.5 Å². The molecule has 0 unspecified atom stereocenters. The quantitative estimate of drug-likeness (QED) is 0.802. The van der Waals surface area contributed by atoms with Crippen LogP contribution >= 0.6 is 0 Å². The fourth-order valence-corrected chi connectivity index (χ4v) is 2.34. The van der Waals surface area contributed by atoms with Crippen LogP contribution in [0.15, 0.2) is 76.0 Å². The van der Waals surface area contributed by atoms with Crippen molar-refractivity contribution in [2.45, 2.75) is 4.90 Å². The van der Waals surface area contributed by atoms with E-state index in [-0.39, 0.29) is 4.90 Å². The highest BCUT2D eigenvalue weighted by atomic mass is 32.2. The second-order valence-electron chi connectivity index (χ2n) is 3.81. The van der Waals surface area contributed by atoms with Gasteiger partial charge in [0.1, 0.15) is 0 Å². The van der Waals surface area contributed by atoms with E-state index in [0.717, 1.165) is 5.56 Å². The Bertz CT molecular complexity index is 675. The van der Waals surface area contributed by atoms with Gasteiger partial charge in [-0.15, -0.1) is 0 Å². The lowest BCUT2D eigenvalue weighted by atomic mass is 10.2. The lowest BCUT2D eigenvalue weighted by Crippen LogP contribution is -1.95. The predicted octanol–water partition coefficient (Wildman–Crippen LogP) is 3.16. The van der Waals surface area contributed by atoms with Crippen molar-refractivity contribution in [1.29, 1.82) is 0 Å². The number of nitrogens with zero attached hydrogens (tertiary/aromatic N) is 1. The van der Waals surface area contributed by atoms with E-state index in [4.69, 9.17) is 0 Å². The fourth-order valence-electron chi connectivity index (χ4n) is 1.49. The molecule has 0 spiro atoms. The van der Waals surface area contributed by atoms with Gasteiger partial charge < -0.3 is 0 Å². The Hall–Kier alpha value is -2.20. The summed E-state index contributed by atoms with van der Waals surface area (Å²) >= 11 is 0. The van der Waals surface area contributed by atoms with E-state index in [1.165, 1.54) is 18.3 Å². The molecule has 0 fully saturated rings. The molecule has 3 nitrogen and oxygen atoms in total. The molecule has 4 heteroatoms. The monoisotopic (exact) mass is 271 g/mol. The smallest absolute Gasteiger partial charge is 0.199 e. The summed E-state index contributed by atoms with van der Waals surface area (Å²) in [6, 6.07) is 17.7. The summed E-state index contributed by atoms with van der Waals surface area (Å²) in [6.45, 7) is 0. The Kier molecular flexibility index (Phi) is 4.26. The van der Waals surface area contributed by atoms with Crippen LogP contribution in [-0.2, 0) is 10.0 Å². The standard InChI is InChI=1S/C15H13NO2S/c17-19(18,15-11-5-2-6-12-15)16-13-7-10-14-8-3-1-4-9-14/h1-13H/b10-7+,16-13+. The second kappa shape index (κ2) is 6.11. The van der Waals surface area contributed by atoms with Crippen molar-refractivity contribution in [3.63, 3.8) is 0 Å². The molecular formula is C15H13NO2S. The number of hydrogen-bond donors (Lipinski definition) is 0. The van der Waals surface area contributed by atoms with Gasteiger partial charge in [0.2, 0.25) is 0 Å². The number of rotatable bonds is 4. The van der Waals surface area contributed by atoms with Crippen LogP contribution in [0.5, 0.6) is 0 Å². The van der Waals surface area contributed by atoms with E-state index in [1.54, 1.807) is 30.4 Å². The number of allylic oxidation sites excluding steroid dienone is 1. The number of hydrogen-bond acceptors (Lipinski definition) is 2. The molecule has 0 atom stereocenters. The van der Waals surface area contributed by atoms with E-state index in [0.29, 0.717) is 0 Å². The molecule has 0 aliphatic heterocycles. The van der Waals surface area contributed by atoms with Crippen LogP contribution in [0.4, 0.5) is 0 Å². The van der Waals surface area contributed by atoms with Crippen molar-refractivity contribution in [3.8, 4) is 0 Å². The van der Waals surface area contributed by atoms with Crippen molar-refractivity contribution in [2.24, 2.45) is 4.40 Å². The zero-order valence-corrected chi connectivity index (χ0v) is 11.0. The summed E-state index contributed by atoms with van der Waals surface area (Å²) in [5.41, 5.74) is 0.992. The van der Waals surface area contributed by atoms with Crippen LogP contribution in [0.25, 0.3) is 6.08 Å². The molecule has 0 aliphatic carbocycles. The van der Waals surface area contributed by atoms with Crippen molar-refractivity contribution >= 4 is 22.3 Å². The molecule has 0 heterocycles. The maximum Gasteiger partial charge on any atom is 0.282 e. The van der Waals surface area contributed by atoms with Crippen molar-refractivity contribution in [1.82, 2.24) is 0 Å². The molecule has 0 aliphatic rings. The molecule has 0 saturated heterocycles. The minimum atomic E-state index is -3.60. The van der Waals surface area contributed by atoms with Crippen molar-refractivity contribution < 1.29 is 8.42 Å². The lowest BCUT2D eigenvalue weighted by molar-refractivity contribution is 0.598.